The second kappa shape index (κ2) is 35.9. The lowest BCUT2D eigenvalue weighted by Crippen LogP contribution is -2.41. The summed E-state index contributed by atoms with van der Waals surface area (Å²) in [6.07, 6.45) is 3.60. The second-order valence-electron chi connectivity index (χ2n) is 31.3. The van der Waals surface area contributed by atoms with E-state index < -0.39 is 14.0 Å². The highest BCUT2D eigenvalue weighted by atomic mass is 35.5. The van der Waals surface area contributed by atoms with Gasteiger partial charge in [-0.3, -0.25) is 8.78 Å². The smallest absolute Gasteiger partial charge is 0.405 e. The van der Waals surface area contributed by atoms with Gasteiger partial charge in [0, 0.05) is 56.1 Å². The minimum Gasteiger partial charge on any atom is -0.405 e. The topological polar surface area (TPSA) is 61.9 Å². The Hall–Kier alpha value is -6.54. The molecule has 13 rings (SSSR count). The van der Waals surface area contributed by atoms with Gasteiger partial charge in [-0.05, 0) is 334 Å². The minimum atomic E-state index is -0.476. The number of fused-ring (bicyclic) bond motifs is 4. The first-order chi connectivity index (χ1) is 48.5. The average Bonchev–Trinajstić information content (AvgIpc) is 1.07. The average molecular weight is 1440 g/mol. The van der Waals surface area contributed by atoms with Crippen molar-refractivity contribution in [1.29, 1.82) is 0 Å². The largest absolute Gasteiger partial charge is 0.488 e. The molecule has 3 saturated heterocycles. The van der Waals surface area contributed by atoms with Crippen LogP contribution in [0.1, 0.15) is 194 Å². The molecule has 3 fully saturated rings. The molecule has 8 aromatic rings. The Bertz CT molecular complexity index is 3690. The first-order valence-electron chi connectivity index (χ1n) is 36.8. The van der Waals surface area contributed by atoms with Crippen LogP contribution in [0.3, 0.4) is 0 Å². The van der Waals surface area contributed by atoms with Gasteiger partial charge in [-0.15, -0.1) is 11.6 Å². The summed E-state index contributed by atoms with van der Waals surface area (Å²) in [7, 11) is 4.48. The molecule has 0 spiro atoms. The van der Waals surface area contributed by atoms with Crippen LogP contribution < -0.4 is 9.80 Å². The number of hydrogen-bond acceptors (Lipinski definition) is 8. The molecule has 0 N–H and O–H groups in total. The van der Waals surface area contributed by atoms with Gasteiger partial charge in [-0.25, -0.2) is 0 Å². The summed E-state index contributed by atoms with van der Waals surface area (Å²) < 4.78 is 53.9. The quantitative estimate of drug-likeness (QED) is 0.128. The molecule has 104 heavy (non-hydrogen) atoms. The molecule has 0 radical (unpaired) electrons. The van der Waals surface area contributed by atoms with Crippen molar-refractivity contribution in [3.05, 3.63) is 233 Å². The van der Waals surface area contributed by atoms with E-state index in [9.17, 15) is 8.78 Å². The van der Waals surface area contributed by atoms with E-state index in [-0.39, 0.29) is 40.7 Å². The Morgan fingerprint density at radius 1 is 0.269 bits per heavy atom. The molecular formula is C90H126B3ClF2N2O6. The number of rotatable bonds is 3. The Labute approximate surface area is 635 Å². The van der Waals surface area contributed by atoms with Gasteiger partial charge >= 0.3 is 21.1 Å². The van der Waals surface area contributed by atoms with Crippen LogP contribution in [0.25, 0.3) is 22.3 Å². The van der Waals surface area contributed by atoms with E-state index in [1.54, 1.807) is 0 Å². The maximum atomic E-state index is 9.50. The van der Waals surface area contributed by atoms with Crippen molar-refractivity contribution in [2.45, 2.75) is 247 Å². The molecule has 0 amide bonds. The summed E-state index contributed by atoms with van der Waals surface area (Å²) >= 11 is 4.64. The summed E-state index contributed by atoms with van der Waals surface area (Å²) in [6.45, 7) is 62.8. The molecule has 5 aliphatic heterocycles. The summed E-state index contributed by atoms with van der Waals surface area (Å²) in [5.41, 5.74) is 38.4. The van der Waals surface area contributed by atoms with E-state index in [4.69, 9.17) is 27.9 Å². The molecule has 0 saturated carbocycles. The van der Waals surface area contributed by atoms with Crippen LogP contribution in [0.4, 0.5) is 31.5 Å². The number of anilines is 4. The van der Waals surface area contributed by atoms with Gasteiger partial charge in [0.1, 0.15) is 0 Å². The predicted molar refractivity (Wildman–Crippen MR) is 447 cm³/mol. The van der Waals surface area contributed by atoms with E-state index in [2.05, 4.69) is 271 Å². The van der Waals surface area contributed by atoms with Crippen molar-refractivity contribution in [2.24, 2.45) is 0 Å². The van der Waals surface area contributed by atoms with Crippen LogP contribution in [-0.4, -0.2) is 89.6 Å². The maximum Gasteiger partial charge on any atom is 0.488 e. The van der Waals surface area contributed by atoms with Gasteiger partial charge < -0.3 is 37.7 Å². The zero-order chi connectivity index (χ0) is 78.9. The molecule has 0 aromatic heterocycles. The third-order valence-electron chi connectivity index (χ3n) is 24.1. The highest BCUT2D eigenvalue weighted by molar-refractivity contribution is 7.11. The first kappa shape index (κ1) is 88.1. The standard InChI is InChI=1S/2C22H29N.C12H24B2O4.2C12H10.C7H15BO2.CH3Cl.2CH3F/c2*1-11-13(3)17(7)21-19(15(11)5)10-20-16(6)12(2)14(4)18(8)22(20)23(21)9;1-9(2)10(3,4)16-13(15-9)14-17-11(5,6)12(7,8)18-14;2*1-3-7-11(8-4-1)12-9-5-2-6-10-12;1-6(2)7(3,4)10-8(5)9-6;3*1-2/h2*10H2,1-9H3;1-8H3;2*1-10H;1-5H3;3*1H3. The lowest BCUT2D eigenvalue weighted by atomic mass is 9.49. The van der Waals surface area contributed by atoms with Crippen molar-refractivity contribution < 1.29 is 36.7 Å². The SMILES string of the molecule is CB1OC(C)(C)C(C)(C)O1.CC1(C)OB(B2OC(C)(C)C(C)(C)O2)OC1(C)C.CCl.CF.CF.Cc1c(C)c(C)c2c(c1C)Cc1c(C)c(C)c(C)c(C)c1N2C.Cc1c(C)c(C)c2c(c1C)Cc1c(C)c(C)c(C)c(C)c1N2C.c1ccc(-c2ccccc2)cc1.c1ccc(-c2ccccc2)cc1. The van der Waals surface area contributed by atoms with E-state index >= 15 is 0 Å². The first-order valence-corrected chi connectivity index (χ1v) is 37.5. The van der Waals surface area contributed by atoms with Gasteiger partial charge in [-0.2, -0.15) is 0 Å². The third kappa shape index (κ3) is 18.5. The van der Waals surface area contributed by atoms with E-state index in [0.29, 0.717) is 14.4 Å². The van der Waals surface area contributed by atoms with Crippen LogP contribution in [-0.2, 0) is 40.8 Å². The Morgan fingerprint density at radius 3 is 0.577 bits per heavy atom. The fourth-order valence-electron chi connectivity index (χ4n) is 14.4. The molecule has 5 heterocycles. The van der Waals surface area contributed by atoms with Crippen LogP contribution >= 0.6 is 11.6 Å². The van der Waals surface area contributed by atoms with Crippen molar-refractivity contribution in [3.8, 4) is 22.3 Å². The molecule has 8 nitrogen and oxygen atoms in total. The molecule has 0 aliphatic carbocycles. The van der Waals surface area contributed by atoms with E-state index in [1.165, 1.54) is 163 Å². The number of hydrogen-bond donors (Lipinski definition) is 0. The van der Waals surface area contributed by atoms with Crippen LogP contribution in [0.15, 0.2) is 121 Å². The van der Waals surface area contributed by atoms with Crippen LogP contribution in [0.5, 0.6) is 0 Å². The Balaban J connectivity index is 0.000000226. The van der Waals surface area contributed by atoms with Crippen molar-refractivity contribution in [3.63, 3.8) is 0 Å². The van der Waals surface area contributed by atoms with E-state index in [0.717, 1.165) is 12.8 Å². The zero-order valence-electron chi connectivity index (χ0n) is 70.2. The minimum absolute atomic E-state index is 0.0648. The number of halogens is 3. The zero-order valence-corrected chi connectivity index (χ0v) is 70.9. The molecule has 14 heteroatoms. The van der Waals surface area contributed by atoms with Gasteiger partial charge in [0.2, 0.25) is 0 Å². The molecule has 562 valence electrons. The number of benzene rings is 8. The van der Waals surface area contributed by atoms with Crippen LogP contribution in [0.2, 0.25) is 6.82 Å². The predicted octanol–water partition coefficient (Wildman–Crippen LogP) is 24.3. The summed E-state index contributed by atoms with van der Waals surface area (Å²) in [5, 5.41) is 0. The fraction of sp³-hybridized carbons (Fsp3) is 0.467. The normalized spacial score (nSPS) is 16.6. The second-order valence-corrected chi connectivity index (χ2v) is 31.3. The highest BCUT2D eigenvalue weighted by Gasteiger charge is 2.64. The van der Waals surface area contributed by atoms with Crippen molar-refractivity contribution >= 4 is 55.5 Å². The maximum absolute atomic E-state index is 9.50. The van der Waals surface area contributed by atoms with Crippen LogP contribution in [0, 0.1) is 111 Å². The lowest BCUT2D eigenvalue weighted by Gasteiger charge is -2.37. The fourth-order valence-corrected chi connectivity index (χ4v) is 14.4. The molecule has 5 aliphatic rings. The molecular weight excluding hydrogens is 1310 g/mol. The summed E-state index contributed by atoms with van der Waals surface area (Å²) in [5.74, 6) is 0. The molecule has 0 atom stereocenters. The van der Waals surface area contributed by atoms with Gasteiger partial charge in [0.05, 0.1) is 48.0 Å². The van der Waals surface area contributed by atoms with Gasteiger partial charge in [-0.1, -0.05) is 121 Å². The molecule has 0 unspecified atom stereocenters. The number of nitrogens with zero attached hydrogens (tertiary/aromatic N) is 2. The molecule has 0 bridgehead atoms. The Kier molecular flexibility index (Phi) is 30.4. The molecule has 8 aromatic carbocycles. The summed E-state index contributed by atoms with van der Waals surface area (Å²) in [6, 6.07) is 41.6. The van der Waals surface area contributed by atoms with Crippen molar-refractivity contribution in [1.82, 2.24) is 0 Å². The van der Waals surface area contributed by atoms with Gasteiger partial charge in [0.15, 0.2) is 0 Å². The van der Waals surface area contributed by atoms with Gasteiger partial charge in [0.25, 0.3) is 0 Å². The number of alkyl halides is 3. The summed E-state index contributed by atoms with van der Waals surface area (Å²) in [4.78, 5) is 4.91. The lowest BCUT2D eigenvalue weighted by molar-refractivity contribution is 0.00578. The van der Waals surface area contributed by atoms with E-state index in [1.807, 2.05) is 86.5 Å². The highest BCUT2D eigenvalue weighted by Crippen LogP contribution is 2.50. The Morgan fingerprint density at radius 2 is 0.423 bits per heavy atom. The monoisotopic (exact) mass is 1440 g/mol. The third-order valence-corrected chi connectivity index (χ3v) is 24.1. The van der Waals surface area contributed by atoms with Crippen molar-refractivity contribution in [2.75, 3.05) is 44.6 Å².